The van der Waals surface area contributed by atoms with Gasteiger partial charge in [0.05, 0.1) is 11.1 Å². The van der Waals surface area contributed by atoms with Crippen LogP contribution in [0, 0.1) is 5.92 Å². The van der Waals surface area contributed by atoms with Gasteiger partial charge in [0.1, 0.15) is 6.61 Å². The Morgan fingerprint density at radius 3 is 2.12 bits per heavy atom. The molecule has 1 atom stereocenters. The van der Waals surface area contributed by atoms with Crippen LogP contribution >= 0.6 is 0 Å². The molecule has 1 unspecified atom stereocenters. The Bertz CT molecular complexity index is 1840. The third-order valence-electron chi connectivity index (χ3n) is 8.34. The van der Waals surface area contributed by atoms with Crippen LogP contribution in [0.1, 0.15) is 30.4 Å². The van der Waals surface area contributed by atoms with E-state index in [9.17, 15) is 14.4 Å². The van der Waals surface area contributed by atoms with E-state index >= 15 is 0 Å². The fraction of sp³-hybridized carbons (Fsp3) is 0.229. The monoisotopic (exact) mass is 574 g/mol. The van der Waals surface area contributed by atoms with Crippen LogP contribution in [-0.4, -0.2) is 40.2 Å². The number of hydrogen-bond donors (Lipinski definition) is 2. The molecule has 3 amide bonds. The van der Waals surface area contributed by atoms with Crippen molar-refractivity contribution in [3.05, 3.63) is 109 Å². The zero-order valence-electron chi connectivity index (χ0n) is 24.0. The average molecular weight is 575 g/mol. The van der Waals surface area contributed by atoms with Crippen LogP contribution < -0.4 is 10.6 Å². The molecule has 4 heterocycles. The van der Waals surface area contributed by atoms with Crippen LogP contribution in [0.5, 0.6) is 0 Å². The molecule has 6 rings (SSSR count). The summed E-state index contributed by atoms with van der Waals surface area (Å²) in [4.78, 5) is 39.2. The fourth-order valence-electron chi connectivity index (χ4n) is 6.21. The number of fused-ring (bicyclic) bond motifs is 12. The van der Waals surface area contributed by atoms with Crippen molar-refractivity contribution < 1.29 is 19.1 Å². The number of carbonyl (C=O) groups is 3. The van der Waals surface area contributed by atoms with Crippen molar-refractivity contribution in [2.45, 2.75) is 32.4 Å². The molecule has 2 aliphatic rings. The van der Waals surface area contributed by atoms with Gasteiger partial charge in [0.2, 0.25) is 0 Å². The number of allylic oxidation sites excluding steroid dienone is 2. The summed E-state index contributed by atoms with van der Waals surface area (Å²) in [5.74, 6) is -0.560. The van der Waals surface area contributed by atoms with E-state index in [2.05, 4.69) is 32.9 Å². The van der Waals surface area contributed by atoms with Crippen molar-refractivity contribution in [3.8, 4) is 0 Å². The van der Waals surface area contributed by atoms with E-state index in [4.69, 9.17) is 4.74 Å². The molecule has 43 heavy (non-hydrogen) atoms. The van der Waals surface area contributed by atoms with E-state index in [1.165, 1.54) is 0 Å². The zero-order valence-corrected chi connectivity index (χ0v) is 24.0. The summed E-state index contributed by atoms with van der Waals surface area (Å²) < 4.78 is 9.72. The van der Waals surface area contributed by atoms with Crippen molar-refractivity contribution in [2.75, 3.05) is 13.2 Å². The first kappa shape index (κ1) is 28.0. The smallest absolute Gasteiger partial charge is 0.407 e. The number of alkyl carbamates (subject to hydrolysis) is 1. The average Bonchev–Trinajstić information content (AvgIpc) is 3.66. The molecule has 2 aromatic heterocycles. The number of imide groups is 1. The molecular weight excluding hydrogens is 540 g/mol. The number of carbonyl (C=O) groups excluding carboxylic acids is 3. The minimum atomic E-state index is -0.470. The van der Waals surface area contributed by atoms with Gasteiger partial charge in [-0.3, -0.25) is 14.9 Å². The second-order valence-corrected chi connectivity index (χ2v) is 11.0. The normalized spacial score (nSPS) is 17.4. The lowest BCUT2D eigenvalue weighted by atomic mass is 9.95. The van der Waals surface area contributed by atoms with Gasteiger partial charge in [-0.25, -0.2) is 4.79 Å². The van der Waals surface area contributed by atoms with E-state index in [1.807, 2.05) is 60.9 Å². The number of hydrogen-bond acceptors (Lipinski definition) is 4. The van der Waals surface area contributed by atoms with Crippen LogP contribution in [0.3, 0.4) is 0 Å². The minimum absolute atomic E-state index is 0.126. The molecule has 8 heteroatoms. The van der Waals surface area contributed by atoms with Crippen molar-refractivity contribution in [3.63, 3.8) is 0 Å². The number of para-hydroxylation sites is 2. The first-order chi connectivity index (χ1) is 21.0. The highest BCUT2D eigenvalue weighted by Gasteiger charge is 2.35. The quantitative estimate of drug-likeness (QED) is 0.219. The number of rotatable bonds is 6. The molecule has 0 fully saturated rings. The highest BCUT2D eigenvalue weighted by Crippen LogP contribution is 2.39. The molecule has 0 radical (unpaired) electrons. The summed E-state index contributed by atoms with van der Waals surface area (Å²) in [7, 11) is 0. The molecule has 8 nitrogen and oxygen atoms in total. The van der Waals surface area contributed by atoms with E-state index in [0.29, 0.717) is 24.2 Å². The summed E-state index contributed by atoms with van der Waals surface area (Å²) >= 11 is 0. The van der Waals surface area contributed by atoms with Crippen LogP contribution in [-0.2, 0) is 27.4 Å². The third kappa shape index (κ3) is 5.44. The molecule has 0 saturated carbocycles. The number of nitrogens with one attached hydrogen (secondary N) is 2. The Labute approximate surface area is 250 Å². The van der Waals surface area contributed by atoms with E-state index < -0.39 is 6.09 Å². The Kier molecular flexibility index (Phi) is 7.83. The summed E-state index contributed by atoms with van der Waals surface area (Å²) in [5.41, 5.74) is 5.10. The molecule has 4 bridgehead atoms. The fourth-order valence-corrected chi connectivity index (χ4v) is 6.21. The number of amides is 3. The number of nitrogens with zero attached hydrogens (tertiary/aromatic N) is 2. The standard InChI is InChI=1S/C35H34N4O4/c1-3-10-23(4-2)22-43-35(42)36-19-24-11-9-17-38-20-27(25-12-5-7-14-29(25)38)31-32(34(41)37-33(31)40)28-21-39(18-16-24)30-15-8-6-13-26(28)30/h3-8,10,12-15,20-21,24H,1-2,9,11,16-19,22H2,(H,36,42)(H,37,40,41)/b23-10+. The summed E-state index contributed by atoms with van der Waals surface area (Å²) in [6.07, 6.45) is 11.1. The van der Waals surface area contributed by atoms with E-state index in [0.717, 1.165) is 64.3 Å². The SMILES string of the molecule is C=C/C=C(\C=C)COC(=O)NCC1CCCn2cc(c3ccccc32)C2=C(C(=O)NC2=O)c2cn(c3ccccc23)CC1. The molecule has 0 saturated heterocycles. The lowest BCUT2D eigenvalue weighted by Crippen LogP contribution is -2.31. The Balaban J connectivity index is 1.37. The van der Waals surface area contributed by atoms with Gasteiger partial charge in [0, 0.05) is 65.0 Å². The second kappa shape index (κ2) is 12.0. The Morgan fingerprint density at radius 2 is 1.51 bits per heavy atom. The van der Waals surface area contributed by atoms with Gasteiger partial charge in [-0.2, -0.15) is 0 Å². The Morgan fingerprint density at radius 1 is 0.907 bits per heavy atom. The van der Waals surface area contributed by atoms with Gasteiger partial charge in [-0.1, -0.05) is 67.8 Å². The highest BCUT2D eigenvalue weighted by molar-refractivity contribution is 6.50. The molecule has 2 N–H and O–H groups in total. The van der Waals surface area contributed by atoms with Crippen LogP contribution in [0.2, 0.25) is 0 Å². The lowest BCUT2D eigenvalue weighted by molar-refractivity contribution is -0.122. The second-order valence-electron chi connectivity index (χ2n) is 11.0. The van der Waals surface area contributed by atoms with Gasteiger partial charge < -0.3 is 19.2 Å². The van der Waals surface area contributed by atoms with Crippen LogP contribution in [0.4, 0.5) is 4.79 Å². The largest absolute Gasteiger partial charge is 0.445 e. The predicted molar refractivity (Wildman–Crippen MR) is 169 cm³/mol. The predicted octanol–water partition coefficient (Wildman–Crippen LogP) is 5.99. The van der Waals surface area contributed by atoms with Gasteiger partial charge in [0.25, 0.3) is 11.8 Å². The molecule has 0 spiro atoms. The van der Waals surface area contributed by atoms with Crippen molar-refractivity contribution >= 4 is 50.9 Å². The zero-order chi connectivity index (χ0) is 29.9. The molecule has 218 valence electrons. The summed E-state index contributed by atoms with van der Waals surface area (Å²) in [6.45, 7) is 9.45. The first-order valence-electron chi connectivity index (χ1n) is 14.6. The maximum Gasteiger partial charge on any atom is 0.407 e. The summed E-state index contributed by atoms with van der Waals surface area (Å²) in [6, 6.07) is 16.0. The maximum atomic E-state index is 13.3. The molecule has 2 aliphatic heterocycles. The number of aromatic nitrogens is 2. The highest BCUT2D eigenvalue weighted by atomic mass is 16.5. The molecular formula is C35H34N4O4. The number of aryl methyl sites for hydroxylation is 2. The third-order valence-corrected chi connectivity index (χ3v) is 8.34. The molecule has 2 aromatic carbocycles. The number of benzene rings is 2. The maximum absolute atomic E-state index is 13.3. The lowest BCUT2D eigenvalue weighted by Gasteiger charge is -2.19. The van der Waals surface area contributed by atoms with Crippen LogP contribution in [0.25, 0.3) is 33.0 Å². The first-order valence-corrected chi connectivity index (χ1v) is 14.6. The van der Waals surface area contributed by atoms with Gasteiger partial charge in [0.15, 0.2) is 0 Å². The van der Waals surface area contributed by atoms with Crippen molar-refractivity contribution in [2.24, 2.45) is 5.92 Å². The molecule has 0 aliphatic carbocycles. The van der Waals surface area contributed by atoms with E-state index in [1.54, 1.807) is 18.2 Å². The number of ether oxygens (including phenoxy) is 1. The van der Waals surface area contributed by atoms with Gasteiger partial charge in [-0.15, -0.1) is 0 Å². The molecule has 4 aromatic rings. The van der Waals surface area contributed by atoms with Gasteiger partial charge >= 0.3 is 6.09 Å². The Hall–Kier alpha value is -5.11. The summed E-state index contributed by atoms with van der Waals surface area (Å²) in [5, 5.41) is 7.37. The van der Waals surface area contributed by atoms with Gasteiger partial charge in [-0.05, 0) is 42.9 Å². The minimum Gasteiger partial charge on any atom is -0.445 e. The van der Waals surface area contributed by atoms with E-state index in [-0.39, 0.29) is 24.3 Å². The van der Waals surface area contributed by atoms with Crippen molar-refractivity contribution in [1.82, 2.24) is 19.8 Å². The van der Waals surface area contributed by atoms with Crippen molar-refractivity contribution in [1.29, 1.82) is 0 Å². The van der Waals surface area contributed by atoms with Crippen LogP contribution in [0.15, 0.2) is 97.9 Å². The topological polar surface area (TPSA) is 94.4 Å².